The van der Waals surface area contributed by atoms with E-state index in [1.807, 2.05) is 0 Å². The molecule has 0 atom stereocenters. The van der Waals surface area contributed by atoms with Crippen molar-refractivity contribution in [3.05, 3.63) is 76.2 Å². The lowest BCUT2D eigenvalue weighted by Gasteiger charge is -2.15. The fourth-order valence-electron chi connectivity index (χ4n) is 2.76. The Labute approximate surface area is 182 Å². The number of ether oxygens (including phenoxy) is 1. The van der Waals surface area contributed by atoms with Crippen LogP contribution in [0.5, 0.6) is 5.75 Å². The van der Waals surface area contributed by atoms with Crippen molar-refractivity contribution < 1.29 is 13.2 Å². The molecule has 0 saturated heterocycles. The van der Waals surface area contributed by atoms with Gasteiger partial charge in [0.1, 0.15) is 10.6 Å². The van der Waals surface area contributed by atoms with Crippen molar-refractivity contribution in [2.45, 2.75) is 4.90 Å². The number of hydrogen-bond donors (Lipinski definition) is 3. The van der Waals surface area contributed by atoms with Crippen LogP contribution in [0.4, 0.5) is 17.3 Å². The zero-order chi connectivity index (χ0) is 22.0. The number of halogens is 1. The molecule has 0 aliphatic carbocycles. The number of para-hydroxylation sites is 2. The third kappa shape index (κ3) is 4.44. The second kappa shape index (κ2) is 8.25. The van der Waals surface area contributed by atoms with Gasteiger partial charge in [-0.3, -0.25) is 9.52 Å². The van der Waals surface area contributed by atoms with Crippen molar-refractivity contribution in [1.29, 1.82) is 0 Å². The van der Waals surface area contributed by atoms with Crippen molar-refractivity contribution in [1.82, 2.24) is 15.0 Å². The summed E-state index contributed by atoms with van der Waals surface area (Å²) in [6.45, 7) is 0. The molecule has 31 heavy (non-hydrogen) atoms. The normalized spacial score (nSPS) is 11.3. The van der Waals surface area contributed by atoms with Gasteiger partial charge >= 0.3 is 0 Å². The highest BCUT2D eigenvalue weighted by Crippen LogP contribution is 2.32. The van der Waals surface area contributed by atoms with Crippen LogP contribution in [0.3, 0.4) is 0 Å². The highest BCUT2D eigenvalue weighted by atomic mass is 35.5. The maximum absolute atomic E-state index is 12.8. The summed E-state index contributed by atoms with van der Waals surface area (Å²) in [5.41, 5.74) is 1.08. The number of rotatable bonds is 6. The molecule has 0 spiro atoms. The van der Waals surface area contributed by atoms with Gasteiger partial charge in [-0.2, -0.15) is 0 Å². The first kappa shape index (κ1) is 20.6. The van der Waals surface area contributed by atoms with Crippen molar-refractivity contribution in [2.24, 2.45) is 0 Å². The summed E-state index contributed by atoms with van der Waals surface area (Å²) in [4.78, 5) is 22.4. The van der Waals surface area contributed by atoms with Crippen LogP contribution in [0, 0.1) is 0 Å². The second-order valence-corrected chi connectivity index (χ2v) is 8.46. The number of nitrogens with zero attached hydrogens (tertiary/aromatic N) is 2. The lowest BCUT2D eigenvalue weighted by atomic mass is 10.3. The average Bonchev–Trinajstić information content (AvgIpc) is 2.75. The molecule has 0 unspecified atom stereocenters. The molecule has 2 aromatic heterocycles. The molecule has 0 saturated carbocycles. The molecule has 9 nitrogen and oxygen atoms in total. The molecule has 2 heterocycles. The first-order chi connectivity index (χ1) is 14.9. The number of aromatic amines is 1. The number of sulfonamides is 1. The van der Waals surface area contributed by atoms with Crippen LogP contribution in [-0.2, 0) is 10.0 Å². The molecule has 3 N–H and O–H groups in total. The lowest BCUT2D eigenvalue weighted by molar-refractivity contribution is 0.415. The Hall–Kier alpha value is -3.63. The highest BCUT2D eigenvalue weighted by molar-refractivity contribution is 7.92. The van der Waals surface area contributed by atoms with E-state index in [4.69, 9.17) is 16.3 Å². The minimum absolute atomic E-state index is 0.0382. The number of hydrogen-bond acceptors (Lipinski definition) is 7. The minimum Gasteiger partial charge on any atom is -0.497 e. The zero-order valence-electron chi connectivity index (χ0n) is 16.1. The smallest absolute Gasteiger partial charge is 0.264 e. The Balaban J connectivity index is 1.80. The fourth-order valence-corrected chi connectivity index (χ4v) is 3.90. The number of fused-ring (bicyclic) bond motifs is 1. The van der Waals surface area contributed by atoms with Gasteiger partial charge in [0.25, 0.3) is 10.0 Å². The van der Waals surface area contributed by atoms with E-state index in [9.17, 15) is 13.2 Å². The van der Waals surface area contributed by atoms with Crippen LogP contribution in [0.1, 0.15) is 0 Å². The highest BCUT2D eigenvalue weighted by Gasteiger charge is 2.20. The number of pyridine rings is 1. The molecule has 0 aliphatic rings. The predicted molar refractivity (Wildman–Crippen MR) is 119 cm³/mol. The molecule has 4 aromatic rings. The van der Waals surface area contributed by atoms with E-state index in [0.29, 0.717) is 27.5 Å². The fraction of sp³-hybridized carbons (Fsp3) is 0.0500. The Morgan fingerprint density at radius 3 is 2.35 bits per heavy atom. The molecule has 0 bridgehead atoms. The van der Waals surface area contributed by atoms with Gasteiger partial charge in [-0.1, -0.05) is 23.7 Å². The van der Waals surface area contributed by atoms with E-state index >= 15 is 0 Å². The van der Waals surface area contributed by atoms with Gasteiger partial charge in [-0.15, -0.1) is 0 Å². The summed E-state index contributed by atoms with van der Waals surface area (Å²) in [5.74, 6) is 0.654. The summed E-state index contributed by atoms with van der Waals surface area (Å²) in [5, 5.41) is 3.40. The maximum atomic E-state index is 12.8. The van der Waals surface area contributed by atoms with E-state index < -0.39 is 15.6 Å². The van der Waals surface area contributed by atoms with Crippen LogP contribution in [0.25, 0.3) is 11.0 Å². The third-order valence-electron chi connectivity index (χ3n) is 4.29. The van der Waals surface area contributed by atoms with Gasteiger partial charge in [-0.25, -0.2) is 18.4 Å². The minimum atomic E-state index is -4.06. The van der Waals surface area contributed by atoms with Crippen LogP contribution < -0.4 is 20.3 Å². The number of benzene rings is 2. The maximum Gasteiger partial charge on any atom is 0.264 e. The topological polar surface area (TPSA) is 126 Å². The zero-order valence-corrected chi connectivity index (χ0v) is 17.7. The van der Waals surface area contributed by atoms with E-state index in [1.165, 1.54) is 13.2 Å². The Morgan fingerprint density at radius 1 is 1.00 bits per heavy atom. The Morgan fingerprint density at radius 2 is 1.71 bits per heavy atom. The van der Waals surface area contributed by atoms with E-state index in [-0.39, 0.29) is 16.5 Å². The number of nitrogens with one attached hydrogen (secondary N) is 3. The van der Waals surface area contributed by atoms with Crippen LogP contribution >= 0.6 is 11.6 Å². The lowest BCUT2D eigenvalue weighted by Crippen LogP contribution is -2.17. The van der Waals surface area contributed by atoms with Crippen LogP contribution in [0.2, 0.25) is 5.02 Å². The third-order valence-corrected chi connectivity index (χ3v) is 5.96. The number of H-pyrrole nitrogens is 1. The van der Waals surface area contributed by atoms with Gasteiger partial charge in [0.2, 0.25) is 5.56 Å². The molecule has 0 radical (unpaired) electrons. The Kier molecular flexibility index (Phi) is 5.49. The molecule has 4 rings (SSSR count). The summed E-state index contributed by atoms with van der Waals surface area (Å²) in [6.07, 6.45) is 1.10. The second-order valence-electron chi connectivity index (χ2n) is 6.37. The standard InChI is InChI=1S/C20H16ClN5O4S/c1-30-12-6-8-14(21)17(10-12)25-19-20(24-16-5-3-2-4-15(16)23-19)26-31(28,29)13-7-9-18(27)22-11-13/h2-11H,1H3,(H,22,27)(H,23,25)(H,24,26). The van der Waals surface area contributed by atoms with Gasteiger partial charge in [0, 0.05) is 18.3 Å². The monoisotopic (exact) mass is 457 g/mol. The SMILES string of the molecule is COc1ccc(Cl)c(Nc2nc3ccccc3nc2NS(=O)(=O)c2ccc(=O)[nH]c2)c1. The summed E-state index contributed by atoms with van der Waals surface area (Å²) in [6, 6.07) is 14.3. The number of anilines is 3. The van der Waals surface area contributed by atoms with E-state index in [2.05, 4.69) is 25.0 Å². The summed E-state index contributed by atoms with van der Waals surface area (Å²) < 4.78 is 33.3. The van der Waals surface area contributed by atoms with Gasteiger partial charge in [0.05, 0.1) is 28.9 Å². The molecular weight excluding hydrogens is 442 g/mol. The molecule has 0 fully saturated rings. The number of methoxy groups -OCH3 is 1. The van der Waals surface area contributed by atoms with Crippen LogP contribution in [0.15, 0.2) is 70.5 Å². The first-order valence-electron chi connectivity index (χ1n) is 8.94. The van der Waals surface area contributed by atoms with Gasteiger partial charge in [-0.05, 0) is 30.3 Å². The largest absolute Gasteiger partial charge is 0.497 e. The van der Waals surface area contributed by atoms with E-state index in [1.54, 1.807) is 42.5 Å². The van der Waals surface area contributed by atoms with Crippen LogP contribution in [-0.4, -0.2) is 30.5 Å². The Bertz CT molecular complexity index is 1420. The molecular formula is C20H16ClN5O4S. The van der Waals surface area contributed by atoms with Crippen molar-refractivity contribution in [3.8, 4) is 5.75 Å². The molecule has 11 heteroatoms. The van der Waals surface area contributed by atoms with E-state index in [0.717, 1.165) is 12.3 Å². The predicted octanol–water partition coefficient (Wildman–Crippen LogP) is 3.52. The van der Waals surface area contributed by atoms with Gasteiger partial charge < -0.3 is 15.0 Å². The molecule has 0 aliphatic heterocycles. The van der Waals surface area contributed by atoms with Crippen molar-refractivity contribution >= 4 is 50.0 Å². The summed E-state index contributed by atoms with van der Waals surface area (Å²) in [7, 11) is -2.54. The molecule has 2 aromatic carbocycles. The number of aromatic nitrogens is 3. The average molecular weight is 458 g/mol. The molecule has 158 valence electrons. The first-order valence-corrected chi connectivity index (χ1v) is 10.8. The quantitative estimate of drug-likeness (QED) is 0.404. The van der Waals surface area contributed by atoms with Gasteiger partial charge in [0.15, 0.2) is 11.6 Å². The summed E-state index contributed by atoms with van der Waals surface area (Å²) >= 11 is 6.28. The molecule has 0 amide bonds. The van der Waals surface area contributed by atoms with Crippen molar-refractivity contribution in [3.63, 3.8) is 0 Å². The van der Waals surface area contributed by atoms with Crippen molar-refractivity contribution in [2.75, 3.05) is 17.1 Å².